The summed E-state index contributed by atoms with van der Waals surface area (Å²) in [7, 11) is 1.72. The van der Waals surface area contributed by atoms with Crippen molar-refractivity contribution in [2.45, 2.75) is 45.1 Å². The molecular weight excluding hydrogens is 324 g/mol. The zero-order chi connectivity index (χ0) is 18.2. The Morgan fingerprint density at radius 3 is 2.50 bits per heavy atom. The standard InChI is InChI=1S/C21H34N4O/c1-3-22-21(23-15-17-7-8-17)24-16-20(25-13-5-4-6-14-25)18-9-11-19(26-2)12-10-18/h9-12,17,20H,3-8,13-16H2,1-2H3,(H2,22,23,24). The van der Waals surface area contributed by atoms with Gasteiger partial charge in [0.15, 0.2) is 5.96 Å². The summed E-state index contributed by atoms with van der Waals surface area (Å²) in [6.07, 6.45) is 6.64. The van der Waals surface area contributed by atoms with Gasteiger partial charge in [-0.25, -0.2) is 0 Å². The van der Waals surface area contributed by atoms with Crippen molar-refractivity contribution < 1.29 is 4.74 Å². The summed E-state index contributed by atoms with van der Waals surface area (Å²) in [4.78, 5) is 7.53. The number of ether oxygens (including phenoxy) is 1. The number of hydrogen-bond acceptors (Lipinski definition) is 3. The van der Waals surface area contributed by atoms with Gasteiger partial charge < -0.3 is 15.4 Å². The van der Waals surface area contributed by atoms with Crippen molar-refractivity contribution in [1.82, 2.24) is 15.5 Å². The fraction of sp³-hybridized carbons (Fsp3) is 0.667. The Kier molecular flexibility index (Phi) is 7.18. The predicted octanol–water partition coefficient (Wildman–Crippen LogP) is 3.19. The van der Waals surface area contributed by atoms with Crippen LogP contribution in [0.25, 0.3) is 0 Å². The average molecular weight is 359 g/mol. The van der Waals surface area contributed by atoms with Crippen LogP contribution in [0.5, 0.6) is 5.75 Å². The van der Waals surface area contributed by atoms with Crippen molar-refractivity contribution in [3.05, 3.63) is 29.8 Å². The smallest absolute Gasteiger partial charge is 0.191 e. The lowest BCUT2D eigenvalue weighted by Crippen LogP contribution is -2.40. The first kappa shape index (κ1) is 19.0. The average Bonchev–Trinajstić information content (AvgIpc) is 3.52. The van der Waals surface area contributed by atoms with Gasteiger partial charge in [0, 0.05) is 13.1 Å². The van der Waals surface area contributed by atoms with Crippen LogP contribution in [0.1, 0.15) is 50.6 Å². The summed E-state index contributed by atoms with van der Waals surface area (Å²) in [5.41, 5.74) is 1.33. The van der Waals surface area contributed by atoms with Gasteiger partial charge in [0.1, 0.15) is 5.75 Å². The molecule has 144 valence electrons. The molecule has 2 aliphatic rings. The van der Waals surface area contributed by atoms with E-state index in [2.05, 4.69) is 46.7 Å². The van der Waals surface area contributed by atoms with Crippen molar-refractivity contribution in [3.8, 4) is 5.75 Å². The van der Waals surface area contributed by atoms with Gasteiger partial charge in [0.05, 0.1) is 19.7 Å². The van der Waals surface area contributed by atoms with E-state index in [4.69, 9.17) is 9.73 Å². The van der Waals surface area contributed by atoms with Crippen LogP contribution < -0.4 is 15.4 Å². The third-order valence-electron chi connectivity index (χ3n) is 5.35. The Morgan fingerprint density at radius 2 is 1.88 bits per heavy atom. The molecule has 0 aromatic heterocycles. The van der Waals surface area contributed by atoms with E-state index in [1.54, 1.807) is 7.11 Å². The van der Waals surface area contributed by atoms with Gasteiger partial charge in [-0.05, 0) is 69.3 Å². The lowest BCUT2D eigenvalue weighted by molar-refractivity contribution is 0.167. The highest BCUT2D eigenvalue weighted by atomic mass is 16.5. The van der Waals surface area contributed by atoms with Crippen LogP contribution in [0.15, 0.2) is 29.3 Å². The van der Waals surface area contributed by atoms with Crippen molar-refractivity contribution in [1.29, 1.82) is 0 Å². The Morgan fingerprint density at radius 1 is 1.15 bits per heavy atom. The first-order valence-electron chi connectivity index (χ1n) is 10.2. The molecule has 1 aliphatic heterocycles. The van der Waals surface area contributed by atoms with Crippen LogP contribution >= 0.6 is 0 Å². The molecule has 2 N–H and O–H groups in total. The van der Waals surface area contributed by atoms with E-state index in [9.17, 15) is 0 Å². The zero-order valence-corrected chi connectivity index (χ0v) is 16.3. The van der Waals surface area contributed by atoms with Crippen LogP contribution in [0.3, 0.4) is 0 Å². The Labute approximate surface area is 158 Å². The van der Waals surface area contributed by atoms with Gasteiger partial charge in [-0.1, -0.05) is 18.6 Å². The summed E-state index contributed by atoms with van der Waals surface area (Å²) >= 11 is 0. The van der Waals surface area contributed by atoms with Gasteiger partial charge in [0.2, 0.25) is 0 Å². The number of aliphatic imine (C=N–C) groups is 1. The normalized spacial score (nSPS) is 19.8. The Bertz CT molecular complexity index is 562. The highest BCUT2D eigenvalue weighted by molar-refractivity contribution is 5.79. The second kappa shape index (κ2) is 9.81. The van der Waals surface area contributed by atoms with Crippen molar-refractivity contribution in [3.63, 3.8) is 0 Å². The fourth-order valence-corrected chi connectivity index (χ4v) is 3.57. The van der Waals surface area contributed by atoms with E-state index in [-0.39, 0.29) is 0 Å². The molecule has 1 atom stereocenters. The number of nitrogens with zero attached hydrogens (tertiary/aromatic N) is 2. The number of hydrogen-bond donors (Lipinski definition) is 2. The highest BCUT2D eigenvalue weighted by Gasteiger charge is 2.23. The van der Waals surface area contributed by atoms with Gasteiger partial charge in [0.25, 0.3) is 0 Å². The second-order valence-electron chi connectivity index (χ2n) is 7.43. The quantitative estimate of drug-likeness (QED) is 0.553. The zero-order valence-electron chi connectivity index (χ0n) is 16.3. The third-order valence-corrected chi connectivity index (χ3v) is 5.35. The highest BCUT2D eigenvalue weighted by Crippen LogP contribution is 2.28. The van der Waals surface area contributed by atoms with E-state index in [0.717, 1.165) is 50.4 Å². The lowest BCUT2D eigenvalue weighted by Gasteiger charge is -2.34. The molecule has 1 aromatic rings. The number of guanidine groups is 1. The first-order chi connectivity index (χ1) is 12.8. The molecule has 5 nitrogen and oxygen atoms in total. The van der Waals surface area contributed by atoms with Crippen LogP contribution in [0.4, 0.5) is 0 Å². The van der Waals surface area contributed by atoms with E-state index in [1.807, 2.05) is 0 Å². The molecular formula is C21H34N4O. The molecule has 26 heavy (non-hydrogen) atoms. The molecule has 1 aromatic carbocycles. The van der Waals surface area contributed by atoms with E-state index < -0.39 is 0 Å². The topological polar surface area (TPSA) is 48.9 Å². The molecule has 1 heterocycles. The number of benzene rings is 1. The minimum atomic E-state index is 0.331. The van der Waals surface area contributed by atoms with Gasteiger partial charge in [-0.3, -0.25) is 9.89 Å². The van der Waals surface area contributed by atoms with Gasteiger partial charge in [-0.15, -0.1) is 0 Å². The number of nitrogens with one attached hydrogen (secondary N) is 2. The molecule has 1 saturated carbocycles. The van der Waals surface area contributed by atoms with E-state index in [1.165, 1.54) is 37.7 Å². The van der Waals surface area contributed by atoms with Crippen molar-refractivity contribution in [2.24, 2.45) is 10.9 Å². The third kappa shape index (κ3) is 5.63. The van der Waals surface area contributed by atoms with Crippen LogP contribution in [-0.4, -0.2) is 50.7 Å². The van der Waals surface area contributed by atoms with E-state index in [0.29, 0.717) is 6.04 Å². The Hall–Kier alpha value is -1.75. The maximum Gasteiger partial charge on any atom is 0.191 e. The Balaban J connectivity index is 1.70. The predicted molar refractivity (Wildman–Crippen MR) is 108 cm³/mol. The van der Waals surface area contributed by atoms with Gasteiger partial charge >= 0.3 is 0 Å². The van der Waals surface area contributed by atoms with Crippen LogP contribution in [0.2, 0.25) is 0 Å². The summed E-state index contributed by atoms with van der Waals surface area (Å²) in [6.45, 7) is 7.18. The fourth-order valence-electron chi connectivity index (χ4n) is 3.57. The minimum absolute atomic E-state index is 0.331. The number of piperidine rings is 1. The molecule has 1 saturated heterocycles. The summed E-state index contributed by atoms with van der Waals surface area (Å²) in [5, 5.41) is 6.91. The molecule has 2 fully saturated rings. The molecule has 1 unspecified atom stereocenters. The molecule has 0 bridgehead atoms. The van der Waals surface area contributed by atoms with Crippen molar-refractivity contribution >= 4 is 5.96 Å². The molecule has 0 radical (unpaired) electrons. The maximum atomic E-state index is 5.32. The largest absolute Gasteiger partial charge is 0.497 e. The summed E-state index contributed by atoms with van der Waals surface area (Å²) in [6, 6.07) is 8.84. The summed E-state index contributed by atoms with van der Waals surface area (Å²) < 4.78 is 5.32. The van der Waals surface area contributed by atoms with Crippen molar-refractivity contribution in [2.75, 3.05) is 39.8 Å². The van der Waals surface area contributed by atoms with Crippen LogP contribution in [-0.2, 0) is 0 Å². The van der Waals surface area contributed by atoms with E-state index >= 15 is 0 Å². The maximum absolute atomic E-state index is 5.32. The molecule has 5 heteroatoms. The molecule has 3 rings (SSSR count). The van der Waals surface area contributed by atoms with Gasteiger partial charge in [-0.2, -0.15) is 0 Å². The minimum Gasteiger partial charge on any atom is -0.497 e. The number of rotatable bonds is 8. The molecule has 1 aliphatic carbocycles. The lowest BCUT2D eigenvalue weighted by atomic mass is 10.0. The molecule has 0 amide bonds. The second-order valence-corrected chi connectivity index (χ2v) is 7.43. The SMILES string of the molecule is CCNC(=NCC(c1ccc(OC)cc1)N1CCCCC1)NCC1CC1. The molecule has 0 spiro atoms. The first-order valence-corrected chi connectivity index (χ1v) is 10.2. The number of methoxy groups -OCH3 is 1. The summed E-state index contributed by atoms with van der Waals surface area (Å²) in [5.74, 6) is 2.71. The van der Waals surface area contributed by atoms with Crippen LogP contribution in [0, 0.1) is 5.92 Å². The monoisotopic (exact) mass is 358 g/mol. The number of likely N-dealkylation sites (tertiary alicyclic amines) is 1.